The van der Waals surface area contributed by atoms with Crippen LogP contribution in [0.1, 0.15) is 20.8 Å². The van der Waals surface area contributed by atoms with Crippen molar-refractivity contribution in [1.82, 2.24) is 4.90 Å². The van der Waals surface area contributed by atoms with E-state index in [1.807, 2.05) is 45.0 Å². The van der Waals surface area contributed by atoms with Gasteiger partial charge in [-0.3, -0.25) is 0 Å². The zero-order chi connectivity index (χ0) is 14.8. The number of carbonyl (C=O) groups is 1. The number of amides is 1. The van der Waals surface area contributed by atoms with Crippen molar-refractivity contribution in [1.29, 1.82) is 0 Å². The number of anilines is 2. The quantitative estimate of drug-likeness (QED) is 0.833. The molecule has 1 amide bonds. The summed E-state index contributed by atoms with van der Waals surface area (Å²) in [6.07, 6.45) is -0.221. The highest BCUT2D eigenvalue weighted by Gasteiger charge is 2.33. The largest absolute Gasteiger partial charge is 0.444 e. The predicted octanol–water partition coefficient (Wildman–Crippen LogP) is 2.55. The molecule has 0 atom stereocenters. The van der Waals surface area contributed by atoms with Gasteiger partial charge in [0, 0.05) is 36.9 Å². The lowest BCUT2D eigenvalue weighted by molar-refractivity contribution is 0.000847. The Morgan fingerprint density at radius 2 is 1.95 bits per heavy atom. The van der Waals surface area contributed by atoms with Gasteiger partial charge in [0.05, 0.1) is 0 Å². The van der Waals surface area contributed by atoms with Crippen LogP contribution in [0.25, 0.3) is 0 Å². The highest BCUT2D eigenvalue weighted by molar-refractivity contribution is 5.69. The van der Waals surface area contributed by atoms with Gasteiger partial charge in [0.25, 0.3) is 0 Å². The maximum Gasteiger partial charge on any atom is 0.410 e. The van der Waals surface area contributed by atoms with Crippen molar-refractivity contribution in [3.8, 4) is 0 Å². The fourth-order valence-electron chi connectivity index (χ4n) is 2.04. The highest BCUT2D eigenvalue weighted by atomic mass is 16.6. The van der Waals surface area contributed by atoms with Crippen LogP contribution >= 0.6 is 0 Å². The number of nitrogens with two attached hydrogens (primary N) is 1. The average Bonchev–Trinajstić information content (AvgIpc) is 2.27. The number of hydrogen-bond donors (Lipinski definition) is 2. The summed E-state index contributed by atoms with van der Waals surface area (Å²) >= 11 is 0. The summed E-state index contributed by atoms with van der Waals surface area (Å²) in [5.74, 6) is 0.472. The van der Waals surface area contributed by atoms with Crippen molar-refractivity contribution in [3.63, 3.8) is 0 Å². The monoisotopic (exact) mass is 277 g/mol. The number of rotatable bonds is 3. The van der Waals surface area contributed by atoms with Gasteiger partial charge >= 0.3 is 6.09 Å². The van der Waals surface area contributed by atoms with E-state index in [2.05, 4.69) is 5.32 Å². The lowest BCUT2D eigenvalue weighted by Gasteiger charge is -2.39. The third-order valence-electron chi connectivity index (χ3n) is 3.11. The molecular formula is C15H23N3O2. The summed E-state index contributed by atoms with van der Waals surface area (Å²) in [5, 5.41) is 3.35. The SMILES string of the molecule is CC(C)(C)OC(=O)N1CC(CNc2ccc(N)cc2)C1. The molecule has 0 radical (unpaired) electrons. The summed E-state index contributed by atoms with van der Waals surface area (Å²) in [6.45, 7) is 7.98. The lowest BCUT2D eigenvalue weighted by Crippen LogP contribution is -2.53. The second-order valence-electron chi connectivity index (χ2n) is 6.25. The summed E-state index contributed by atoms with van der Waals surface area (Å²) in [4.78, 5) is 13.5. The molecule has 1 aliphatic rings. The molecule has 0 unspecified atom stereocenters. The Labute approximate surface area is 120 Å². The Morgan fingerprint density at radius 3 is 2.50 bits per heavy atom. The van der Waals surface area contributed by atoms with Crippen molar-refractivity contribution in [3.05, 3.63) is 24.3 Å². The second kappa shape index (κ2) is 5.61. The van der Waals surface area contributed by atoms with Crippen molar-refractivity contribution >= 4 is 17.5 Å². The molecule has 1 aliphatic heterocycles. The van der Waals surface area contributed by atoms with Gasteiger partial charge in [-0.25, -0.2) is 4.79 Å². The van der Waals surface area contributed by atoms with Crippen LogP contribution < -0.4 is 11.1 Å². The molecule has 0 bridgehead atoms. The van der Waals surface area contributed by atoms with Gasteiger partial charge < -0.3 is 20.7 Å². The topological polar surface area (TPSA) is 67.6 Å². The van der Waals surface area contributed by atoms with Crippen molar-refractivity contribution in [2.24, 2.45) is 5.92 Å². The van der Waals surface area contributed by atoms with E-state index < -0.39 is 5.60 Å². The minimum Gasteiger partial charge on any atom is -0.444 e. The molecule has 1 aromatic rings. The number of nitrogens with zero attached hydrogens (tertiary/aromatic N) is 1. The number of likely N-dealkylation sites (tertiary alicyclic amines) is 1. The van der Waals surface area contributed by atoms with E-state index in [1.165, 1.54) is 0 Å². The van der Waals surface area contributed by atoms with Crippen molar-refractivity contribution in [2.45, 2.75) is 26.4 Å². The molecule has 3 N–H and O–H groups in total. The molecule has 1 fully saturated rings. The molecule has 0 spiro atoms. The number of nitrogen functional groups attached to an aromatic ring is 1. The molecule has 1 saturated heterocycles. The third kappa shape index (κ3) is 4.05. The number of nitrogens with one attached hydrogen (secondary N) is 1. The van der Waals surface area contributed by atoms with Gasteiger partial charge in [-0.1, -0.05) is 0 Å². The fourth-order valence-corrected chi connectivity index (χ4v) is 2.04. The Bertz CT molecular complexity index is 459. The van der Waals surface area contributed by atoms with Crippen LogP contribution in [0.4, 0.5) is 16.2 Å². The first-order valence-electron chi connectivity index (χ1n) is 6.91. The van der Waals surface area contributed by atoms with Crippen molar-refractivity contribution in [2.75, 3.05) is 30.7 Å². The molecule has 5 nitrogen and oxygen atoms in total. The lowest BCUT2D eigenvalue weighted by atomic mass is 10.0. The summed E-state index contributed by atoms with van der Waals surface area (Å²) in [5.41, 5.74) is 7.02. The summed E-state index contributed by atoms with van der Waals surface area (Å²) in [7, 11) is 0. The first kappa shape index (κ1) is 14.5. The molecule has 0 aromatic heterocycles. The smallest absolute Gasteiger partial charge is 0.410 e. The number of ether oxygens (including phenoxy) is 1. The molecule has 5 heteroatoms. The van der Waals surface area contributed by atoms with Gasteiger partial charge in [-0.2, -0.15) is 0 Å². The van der Waals surface area contributed by atoms with Crippen LogP contribution in [0, 0.1) is 5.92 Å². The van der Waals surface area contributed by atoms with Gasteiger partial charge in [0.1, 0.15) is 5.60 Å². The van der Waals surface area contributed by atoms with Gasteiger partial charge in [-0.05, 0) is 45.0 Å². The molecule has 0 aliphatic carbocycles. The average molecular weight is 277 g/mol. The Kier molecular flexibility index (Phi) is 4.06. The molecular weight excluding hydrogens is 254 g/mol. The van der Waals surface area contributed by atoms with Crippen LogP contribution in [0.3, 0.4) is 0 Å². The van der Waals surface area contributed by atoms with Crippen LogP contribution in [-0.2, 0) is 4.74 Å². The van der Waals surface area contributed by atoms with E-state index in [4.69, 9.17) is 10.5 Å². The Balaban J connectivity index is 1.69. The van der Waals surface area contributed by atoms with Gasteiger partial charge in [0.15, 0.2) is 0 Å². The number of benzene rings is 1. The standard InChI is InChI=1S/C15H23N3O2/c1-15(2,3)20-14(19)18-9-11(10-18)8-17-13-6-4-12(16)5-7-13/h4-7,11,17H,8-10,16H2,1-3H3. The molecule has 1 aromatic carbocycles. The normalized spacial score (nSPS) is 15.7. The van der Waals surface area contributed by atoms with Crippen LogP contribution in [0.5, 0.6) is 0 Å². The van der Waals surface area contributed by atoms with E-state index in [-0.39, 0.29) is 6.09 Å². The van der Waals surface area contributed by atoms with Gasteiger partial charge in [-0.15, -0.1) is 0 Å². The molecule has 20 heavy (non-hydrogen) atoms. The first-order valence-corrected chi connectivity index (χ1v) is 6.91. The zero-order valence-electron chi connectivity index (χ0n) is 12.3. The second-order valence-corrected chi connectivity index (χ2v) is 6.25. The fraction of sp³-hybridized carbons (Fsp3) is 0.533. The Morgan fingerprint density at radius 1 is 1.35 bits per heavy atom. The minimum absolute atomic E-state index is 0.221. The summed E-state index contributed by atoms with van der Waals surface area (Å²) < 4.78 is 5.32. The predicted molar refractivity (Wildman–Crippen MR) is 80.6 cm³/mol. The van der Waals surface area contributed by atoms with Crippen LogP contribution in [0.15, 0.2) is 24.3 Å². The molecule has 1 heterocycles. The molecule has 0 saturated carbocycles. The first-order chi connectivity index (χ1) is 9.33. The molecule has 2 rings (SSSR count). The van der Waals surface area contributed by atoms with E-state index in [9.17, 15) is 4.79 Å². The molecule has 110 valence electrons. The van der Waals surface area contributed by atoms with Crippen LogP contribution in [0.2, 0.25) is 0 Å². The minimum atomic E-state index is -0.426. The van der Waals surface area contributed by atoms with Gasteiger partial charge in [0.2, 0.25) is 0 Å². The zero-order valence-corrected chi connectivity index (χ0v) is 12.3. The third-order valence-corrected chi connectivity index (χ3v) is 3.11. The van der Waals surface area contributed by atoms with E-state index >= 15 is 0 Å². The van der Waals surface area contributed by atoms with Crippen molar-refractivity contribution < 1.29 is 9.53 Å². The van der Waals surface area contributed by atoms with E-state index in [0.717, 1.165) is 31.0 Å². The Hall–Kier alpha value is -1.91. The number of hydrogen-bond acceptors (Lipinski definition) is 4. The maximum atomic E-state index is 11.8. The summed E-state index contributed by atoms with van der Waals surface area (Å²) in [6, 6.07) is 7.66. The highest BCUT2D eigenvalue weighted by Crippen LogP contribution is 2.20. The maximum absolute atomic E-state index is 11.8. The number of carbonyl (C=O) groups excluding carboxylic acids is 1. The van der Waals surface area contributed by atoms with E-state index in [0.29, 0.717) is 5.92 Å². The van der Waals surface area contributed by atoms with Crippen LogP contribution in [-0.4, -0.2) is 36.2 Å². The van der Waals surface area contributed by atoms with E-state index in [1.54, 1.807) is 4.90 Å².